The molecule has 5 aromatic rings. The fourth-order valence-electron chi connectivity index (χ4n) is 5.98. The van der Waals surface area contributed by atoms with Crippen molar-refractivity contribution >= 4 is 16.7 Å². The van der Waals surface area contributed by atoms with E-state index in [1.54, 1.807) is 16.8 Å². The number of rotatable bonds is 6. The minimum atomic E-state index is -0.253. The van der Waals surface area contributed by atoms with Gasteiger partial charge in [-0.05, 0) is 78.5 Å². The molecule has 2 aliphatic rings. The standard InChI is InChI=1S/C32H33N7O/c33-31-27-16-21(8-9-28(27)36-37-31)25-10-12-34-32-26(25)18-29(35-32)22-11-15-39(30(40)17-22)20-24-7-3-2-6-23(24)19-38-13-4-1-5-14-38/h2-3,6-12,15-18,31,36-37H,1,4-5,13-14,19-20,33H2,(H,34,35). The van der Waals surface area contributed by atoms with Gasteiger partial charge in [-0.15, -0.1) is 0 Å². The number of anilines is 1. The van der Waals surface area contributed by atoms with Gasteiger partial charge in [0.05, 0.1) is 12.2 Å². The topological polar surface area (TPSA) is 104 Å². The van der Waals surface area contributed by atoms with Crippen molar-refractivity contribution in [1.29, 1.82) is 0 Å². The van der Waals surface area contributed by atoms with E-state index in [-0.39, 0.29) is 11.7 Å². The van der Waals surface area contributed by atoms with Crippen LogP contribution < -0.4 is 22.1 Å². The van der Waals surface area contributed by atoms with Crippen molar-refractivity contribution in [2.45, 2.75) is 38.5 Å². The highest BCUT2D eigenvalue weighted by Gasteiger charge is 2.19. The van der Waals surface area contributed by atoms with Crippen LogP contribution in [0.15, 0.2) is 83.9 Å². The molecule has 202 valence electrons. The molecule has 0 saturated carbocycles. The summed E-state index contributed by atoms with van der Waals surface area (Å²) in [6, 6.07) is 22.5. The van der Waals surface area contributed by atoms with Gasteiger partial charge in [0.15, 0.2) is 0 Å². The number of likely N-dealkylation sites (tertiary alicyclic amines) is 1. The van der Waals surface area contributed by atoms with Gasteiger partial charge < -0.3 is 20.7 Å². The van der Waals surface area contributed by atoms with Gasteiger partial charge in [-0.2, -0.15) is 0 Å². The van der Waals surface area contributed by atoms with Crippen LogP contribution in [0.3, 0.4) is 0 Å². The van der Waals surface area contributed by atoms with E-state index in [4.69, 9.17) is 5.73 Å². The highest BCUT2D eigenvalue weighted by Crippen LogP contribution is 2.35. The fraction of sp³-hybridized carbons (Fsp3) is 0.250. The minimum Gasteiger partial charge on any atom is -0.339 e. The smallest absolute Gasteiger partial charge is 0.251 e. The number of H-pyrrole nitrogens is 1. The number of hydrogen-bond acceptors (Lipinski definition) is 6. The molecule has 8 nitrogen and oxygen atoms in total. The Balaban J connectivity index is 1.16. The molecule has 0 amide bonds. The van der Waals surface area contributed by atoms with E-state index in [1.807, 2.05) is 24.4 Å². The zero-order valence-electron chi connectivity index (χ0n) is 22.4. The van der Waals surface area contributed by atoms with Crippen LogP contribution in [0.1, 0.15) is 42.1 Å². The van der Waals surface area contributed by atoms with E-state index >= 15 is 0 Å². The van der Waals surface area contributed by atoms with Crippen LogP contribution in [-0.2, 0) is 13.1 Å². The summed E-state index contributed by atoms with van der Waals surface area (Å²) in [4.78, 5) is 23.8. The molecular formula is C32H33N7O. The molecule has 0 bridgehead atoms. The van der Waals surface area contributed by atoms with Crippen LogP contribution >= 0.6 is 0 Å². The molecule has 3 aromatic heterocycles. The zero-order valence-corrected chi connectivity index (χ0v) is 22.4. The van der Waals surface area contributed by atoms with Crippen LogP contribution in [0.2, 0.25) is 0 Å². The number of nitrogens with two attached hydrogens (primary N) is 1. The van der Waals surface area contributed by atoms with Crippen molar-refractivity contribution in [3.8, 4) is 22.4 Å². The number of piperidine rings is 1. The Morgan fingerprint density at radius 2 is 1.73 bits per heavy atom. The Bertz CT molecular complexity index is 1750. The number of nitrogens with one attached hydrogen (secondary N) is 3. The quantitative estimate of drug-likeness (QED) is 0.246. The maximum absolute atomic E-state index is 13.3. The van der Waals surface area contributed by atoms with Crippen LogP contribution in [0.25, 0.3) is 33.4 Å². The van der Waals surface area contributed by atoms with Crippen molar-refractivity contribution < 1.29 is 0 Å². The summed E-state index contributed by atoms with van der Waals surface area (Å²) in [6.07, 6.45) is 7.32. The number of benzene rings is 2. The number of aromatic amines is 1. The Labute approximate surface area is 232 Å². The van der Waals surface area contributed by atoms with E-state index in [1.165, 1.54) is 30.4 Å². The number of fused-ring (bicyclic) bond motifs is 2. The summed E-state index contributed by atoms with van der Waals surface area (Å²) in [5.41, 5.74) is 21.5. The first-order valence-electron chi connectivity index (χ1n) is 14.0. The number of hydrogen-bond donors (Lipinski definition) is 4. The average molecular weight is 532 g/mol. The first-order valence-corrected chi connectivity index (χ1v) is 14.0. The molecule has 0 spiro atoms. The normalized spacial score (nSPS) is 17.2. The fourth-order valence-corrected chi connectivity index (χ4v) is 5.98. The van der Waals surface area contributed by atoms with Crippen LogP contribution in [0.4, 0.5) is 5.69 Å². The predicted molar refractivity (Wildman–Crippen MR) is 160 cm³/mol. The largest absolute Gasteiger partial charge is 0.339 e. The van der Waals surface area contributed by atoms with Crippen molar-refractivity contribution in [2.75, 3.05) is 18.5 Å². The summed E-state index contributed by atoms with van der Waals surface area (Å²) in [6.45, 7) is 3.80. The second-order valence-electron chi connectivity index (χ2n) is 10.8. The summed E-state index contributed by atoms with van der Waals surface area (Å²) < 4.78 is 1.79. The van der Waals surface area contributed by atoms with Gasteiger partial charge in [0, 0.05) is 47.2 Å². The second-order valence-corrected chi connectivity index (χ2v) is 10.8. The number of aromatic nitrogens is 3. The van der Waals surface area contributed by atoms with Crippen molar-refractivity contribution in [1.82, 2.24) is 24.9 Å². The Hall–Kier alpha value is -4.24. The first-order chi connectivity index (χ1) is 19.6. The molecule has 1 atom stereocenters. The molecule has 7 rings (SSSR count). The van der Waals surface area contributed by atoms with E-state index in [0.717, 1.165) is 64.3 Å². The average Bonchev–Trinajstić information content (AvgIpc) is 3.59. The number of hydrazine groups is 1. The summed E-state index contributed by atoms with van der Waals surface area (Å²) in [7, 11) is 0. The lowest BCUT2D eigenvalue weighted by Crippen LogP contribution is -2.29. The van der Waals surface area contributed by atoms with Gasteiger partial charge in [-0.1, -0.05) is 36.8 Å². The molecule has 0 aliphatic carbocycles. The lowest BCUT2D eigenvalue weighted by Gasteiger charge is -2.27. The molecule has 2 aliphatic heterocycles. The lowest BCUT2D eigenvalue weighted by molar-refractivity contribution is 0.220. The first kappa shape index (κ1) is 24.8. The third-order valence-electron chi connectivity index (χ3n) is 8.20. The van der Waals surface area contributed by atoms with Crippen LogP contribution in [0.5, 0.6) is 0 Å². The van der Waals surface area contributed by atoms with Crippen LogP contribution in [0, 0.1) is 0 Å². The molecule has 8 heteroatoms. The maximum atomic E-state index is 13.3. The van der Waals surface area contributed by atoms with Gasteiger partial charge in [0.1, 0.15) is 11.8 Å². The molecule has 2 aromatic carbocycles. The SMILES string of the molecule is NC1NNc2ccc(-c3ccnc4[nH]c(-c5ccn(Cc6ccccc6CN6CCCCC6)c(=O)c5)cc34)cc21. The van der Waals surface area contributed by atoms with Crippen molar-refractivity contribution in [3.63, 3.8) is 0 Å². The molecule has 1 fully saturated rings. The van der Waals surface area contributed by atoms with Crippen LogP contribution in [-0.4, -0.2) is 32.5 Å². The third-order valence-corrected chi connectivity index (χ3v) is 8.20. The monoisotopic (exact) mass is 531 g/mol. The Kier molecular flexibility index (Phi) is 6.43. The molecule has 5 N–H and O–H groups in total. The predicted octanol–water partition coefficient (Wildman–Crippen LogP) is 4.98. The van der Waals surface area contributed by atoms with E-state index in [0.29, 0.717) is 6.54 Å². The maximum Gasteiger partial charge on any atom is 0.251 e. The zero-order chi connectivity index (χ0) is 27.1. The molecule has 5 heterocycles. The van der Waals surface area contributed by atoms with Gasteiger partial charge in [-0.3, -0.25) is 9.69 Å². The van der Waals surface area contributed by atoms with Crippen molar-refractivity contribution in [2.24, 2.45) is 5.73 Å². The van der Waals surface area contributed by atoms with E-state index in [2.05, 4.69) is 68.2 Å². The molecular weight excluding hydrogens is 498 g/mol. The third kappa shape index (κ3) is 4.70. The molecule has 40 heavy (non-hydrogen) atoms. The van der Waals surface area contributed by atoms with E-state index in [9.17, 15) is 4.79 Å². The Morgan fingerprint density at radius 3 is 2.55 bits per heavy atom. The number of pyridine rings is 2. The van der Waals surface area contributed by atoms with E-state index < -0.39 is 0 Å². The minimum absolute atomic E-state index is 0.0234. The highest BCUT2D eigenvalue weighted by atomic mass is 16.1. The highest BCUT2D eigenvalue weighted by molar-refractivity contribution is 5.96. The summed E-state index contributed by atoms with van der Waals surface area (Å²) >= 11 is 0. The molecule has 0 radical (unpaired) electrons. The summed E-state index contributed by atoms with van der Waals surface area (Å²) in [5, 5.41) is 1.00. The molecule has 1 unspecified atom stereocenters. The van der Waals surface area contributed by atoms with Crippen molar-refractivity contribution in [3.05, 3.63) is 106 Å². The van der Waals surface area contributed by atoms with Gasteiger partial charge in [0.25, 0.3) is 5.56 Å². The van der Waals surface area contributed by atoms with Gasteiger partial charge >= 0.3 is 0 Å². The molecule has 1 saturated heterocycles. The van der Waals surface area contributed by atoms with Gasteiger partial charge in [-0.25, -0.2) is 10.4 Å². The summed E-state index contributed by atoms with van der Waals surface area (Å²) in [5.74, 6) is 0. The lowest BCUT2D eigenvalue weighted by atomic mass is 9.99. The Morgan fingerprint density at radius 1 is 0.900 bits per heavy atom. The van der Waals surface area contributed by atoms with Gasteiger partial charge in [0.2, 0.25) is 0 Å². The number of nitrogens with zero attached hydrogens (tertiary/aromatic N) is 3. The second kappa shape index (κ2) is 10.4.